The van der Waals surface area contributed by atoms with Gasteiger partial charge >= 0.3 is 12.1 Å². The third-order valence-electron chi connectivity index (χ3n) is 5.55. The lowest BCUT2D eigenvalue weighted by Crippen LogP contribution is -2.16. The molecular formula is C27H20ClF3O7. The van der Waals surface area contributed by atoms with Crippen LogP contribution in [0.4, 0.5) is 13.2 Å². The highest BCUT2D eigenvalue weighted by atomic mass is 35.5. The van der Waals surface area contributed by atoms with E-state index in [4.69, 9.17) is 35.0 Å². The first-order chi connectivity index (χ1) is 17.9. The largest absolute Gasteiger partial charge is 0.496 e. The number of methoxy groups -OCH3 is 2. The molecule has 7 nitrogen and oxygen atoms in total. The Balaban J connectivity index is 1.78. The zero-order valence-corrected chi connectivity index (χ0v) is 21.2. The van der Waals surface area contributed by atoms with Crippen LogP contribution < -0.4 is 24.4 Å². The Morgan fingerprint density at radius 3 is 2.08 bits per heavy atom. The molecule has 0 spiro atoms. The van der Waals surface area contributed by atoms with E-state index in [-0.39, 0.29) is 33.9 Å². The zero-order chi connectivity index (χ0) is 27.8. The van der Waals surface area contributed by atoms with Crippen LogP contribution in [0.1, 0.15) is 27.2 Å². The number of benzene rings is 3. The summed E-state index contributed by atoms with van der Waals surface area (Å²) >= 11 is 6.12. The number of rotatable bonds is 6. The van der Waals surface area contributed by atoms with E-state index in [1.165, 1.54) is 50.6 Å². The van der Waals surface area contributed by atoms with Gasteiger partial charge in [-0.1, -0.05) is 17.7 Å². The molecule has 0 bridgehead atoms. The smallest absolute Gasteiger partial charge is 0.453 e. The molecule has 3 aromatic carbocycles. The lowest BCUT2D eigenvalue weighted by Gasteiger charge is -2.15. The van der Waals surface area contributed by atoms with Crippen molar-refractivity contribution in [1.82, 2.24) is 0 Å². The first kappa shape index (κ1) is 26.9. The molecule has 0 radical (unpaired) electrons. The van der Waals surface area contributed by atoms with Crippen LogP contribution in [0.15, 0.2) is 57.7 Å². The number of aryl methyl sites for hydroxylation is 2. The molecule has 11 heteroatoms. The van der Waals surface area contributed by atoms with Crippen LogP contribution in [0.5, 0.6) is 28.7 Å². The summed E-state index contributed by atoms with van der Waals surface area (Å²) in [6.45, 7) is 3.30. The van der Waals surface area contributed by atoms with Crippen molar-refractivity contribution < 1.29 is 41.3 Å². The number of halogens is 4. The normalized spacial score (nSPS) is 11.4. The molecule has 0 fully saturated rings. The summed E-state index contributed by atoms with van der Waals surface area (Å²) in [5.41, 5.74) is -0.451. The Hall–Kier alpha value is -4.18. The second kappa shape index (κ2) is 10.3. The number of alkyl halides is 3. The minimum absolute atomic E-state index is 0.0159. The van der Waals surface area contributed by atoms with Gasteiger partial charge in [0, 0.05) is 11.1 Å². The predicted molar refractivity (Wildman–Crippen MR) is 133 cm³/mol. The fourth-order valence-electron chi connectivity index (χ4n) is 3.79. The second-order valence-electron chi connectivity index (χ2n) is 8.15. The molecule has 0 aliphatic carbocycles. The Kier molecular flexibility index (Phi) is 7.28. The van der Waals surface area contributed by atoms with Crippen molar-refractivity contribution in [3.8, 4) is 28.7 Å². The van der Waals surface area contributed by atoms with Gasteiger partial charge in [-0.2, -0.15) is 13.2 Å². The van der Waals surface area contributed by atoms with E-state index in [0.29, 0.717) is 16.1 Å². The molecule has 0 amide bonds. The first-order valence-corrected chi connectivity index (χ1v) is 11.4. The average Bonchev–Trinajstić information content (AvgIpc) is 2.87. The Morgan fingerprint density at radius 2 is 1.53 bits per heavy atom. The van der Waals surface area contributed by atoms with Gasteiger partial charge in [-0.15, -0.1) is 0 Å². The predicted octanol–water partition coefficient (Wildman–Crippen LogP) is 7.11. The number of fused-ring (bicyclic) bond motifs is 1. The standard InChI is InChI=1S/C27H20ClF3O7/c1-13-10-16(11-14(2)22(13)28)36-24-23(32)17-9-8-15(12-20(17)38-25(24)27(29,30)31)37-26(33)21-18(34-3)6-5-7-19(21)35-4/h5-12H,1-4H3. The van der Waals surface area contributed by atoms with E-state index in [9.17, 15) is 22.8 Å². The summed E-state index contributed by atoms with van der Waals surface area (Å²) in [6.07, 6.45) is -5.07. The lowest BCUT2D eigenvalue weighted by molar-refractivity contribution is -0.154. The Morgan fingerprint density at radius 1 is 0.921 bits per heavy atom. The van der Waals surface area contributed by atoms with Crippen LogP contribution in [0, 0.1) is 13.8 Å². The van der Waals surface area contributed by atoms with Gasteiger partial charge in [0.15, 0.2) is 0 Å². The van der Waals surface area contributed by atoms with Crippen LogP contribution in [0.3, 0.4) is 0 Å². The maximum Gasteiger partial charge on any atom is 0.453 e. The van der Waals surface area contributed by atoms with Crippen molar-refractivity contribution in [3.63, 3.8) is 0 Å². The van der Waals surface area contributed by atoms with Gasteiger partial charge in [-0.25, -0.2) is 4.79 Å². The molecule has 198 valence electrons. The highest BCUT2D eigenvalue weighted by Gasteiger charge is 2.40. The monoisotopic (exact) mass is 548 g/mol. The SMILES string of the molecule is COc1cccc(OC)c1C(=O)Oc1ccc2c(=O)c(Oc3cc(C)c(Cl)c(C)c3)c(C(F)(F)F)oc2c1. The maximum atomic E-state index is 13.9. The molecule has 1 heterocycles. The second-order valence-corrected chi connectivity index (χ2v) is 8.52. The van der Waals surface area contributed by atoms with Crippen molar-refractivity contribution in [2.45, 2.75) is 20.0 Å². The quantitative estimate of drug-likeness (QED) is 0.187. The molecule has 4 aromatic rings. The van der Waals surface area contributed by atoms with Crippen molar-refractivity contribution in [2.75, 3.05) is 14.2 Å². The van der Waals surface area contributed by atoms with Gasteiger partial charge in [-0.05, 0) is 61.4 Å². The van der Waals surface area contributed by atoms with Gasteiger partial charge in [-0.3, -0.25) is 4.79 Å². The Labute approximate surface area is 219 Å². The van der Waals surface area contributed by atoms with Crippen molar-refractivity contribution in [1.29, 1.82) is 0 Å². The van der Waals surface area contributed by atoms with E-state index in [0.717, 1.165) is 6.07 Å². The van der Waals surface area contributed by atoms with Crippen LogP contribution in [-0.2, 0) is 6.18 Å². The third-order valence-corrected chi connectivity index (χ3v) is 6.15. The van der Waals surface area contributed by atoms with Gasteiger partial charge in [0.1, 0.15) is 34.1 Å². The van der Waals surface area contributed by atoms with Crippen molar-refractivity contribution in [2.24, 2.45) is 0 Å². The molecular weight excluding hydrogens is 529 g/mol. The topological polar surface area (TPSA) is 84.2 Å². The highest BCUT2D eigenvalue weighted by Crippen LogP contribution is 2.39. The van der Waals surface area contributed by atoms with Crippen molar-refractivity contribution >= 4 is 28.5 Å². The number of carbonyl (C=O) groups excluding carboxylic acids is 1. The molecule has 38 heavy (non-hydrogen) atoms. The molecule has 0 aliphatic rings. The molecule has 0 atom stereocenters. The number of ether oxygens (including phenoxy) is 4. The van der Waals surface area contributed by atoms with Crippen LogP contribution >= 0.6 is 11.6 Å². The maximum absolute atomic E-state index is 13.9. The fourth-order valence-corrected chi connectivity index (χ4v) is 3.90. The summed E-state index contributed by atoms with van der Waals surface area (Å²) in [5, 5.41) is 0.205. The number of hydrogen-bond donors (Lipinski definition) is 0. The average molecular weight is 549 g/mol. The molecule has 0 N–H and O–H groups in total. The molecule has 1 aromatic heterocycles. The van der Waals surface area contributed by atoms with Gasteiger partial charge in [0.25, 0.3) is 5.76 Å². The molecule has 4 rings (SSSR count). The van der Waals surface area contributed by atoms with Gasteiger partial charge in [0.2, 0.25) is 11.2 Å². The van der Waals surface area contributed by atoms with Crippen molar-refractivity contribution in [3.05, 3.63) is 86.2 Å². The highest BCUT2D eigenvalue weighted by molar-refractivity contribution is 6.32. The molecule has 0 saturated heterocycles. The van der Waals surface area contributed by atoms with Crippen LogP contribution in [-0.4, -0.2) is 20.2 Å². The number of hydrogen-bond acceptors (Lipinski definition) is 7. The summed E-state index contributed by atoms with van der Waals surface area (Å²) in [7, 11) is 2.70. The first-order valence-electron chi connectivity index (χ1n) is 11.0. The number of carbonyl (C=O) groups is 1. The van der Waals surface area contributed by atoms with Gasteiger partial charge in [0.05, 0.1) is 19.6 Å². The fraction of sp³-hybridized carbons (Fsp3) is 0.185. The summed E-state index contributed by atoms with van der Waals surface area (Å²) < 4.78 is 68.0. The molecule has 0 aliphatic heterocycles. The van der Waals surface area contributed by atoms with Crippen LogP contribution in [0.2, 0.25) is 5.02 Å². The van der Waals surface area contributed by atoms with Gasteiger partial charge < -0.3 is 23.4 Å². The third kappa shape index (κ3) is 5.12. The van der Waals surface area contributed by atoms with E-state index >= 15 is 0 Å². The summed E-state index contributed by atoms with van der Waals surface area (Å²) in [6, 6.07) is 10.9. The minimum atomic E-state index is -5.07. The molecule has 0 saturated carbocycles. The van der Waals surface area contributed by atoms with E-state index in [2.05, 4.69) is 0 Å². The number of esters is 1. The Bertz CT molecular complexity index is 1560. The van der Waals surface area contributed by atoms with E-state index in [1.807, 2.05) is 0 Å². The van der Waals surface area contributed by atoms with E-state index in [1.54, 1.807) is 19.9 Å². The summed E-state index contributed by atoms with van der Waals surface area (Å²) in [5.74, 6) is -3.44. The zero-order valence-electron chi connectivity index (χ0n) is 20.5. The minimum Gasteiger partial charge on any atom is -0.496 e. The molecule has 0 unspecified atom stereocenters. The summed E-state index contributed by atoms with van der Waals surface area (Å²) in [4.78, 5) is 26.0. The lowest BCUT2D eigenvalue weighted by atomic mass is 10.1. The van der Waals surface area contributed by atoms with Crippen LogP contribution in [0.25, 0.3) is 11.0 Å². The van der Waals surface area contributed by atoms with E-state index < -0.39 is 34.7 Å².